The molecule has 8 nitrogen and oxygen atoms in total. The normalized spacial score (nSPS) is 32.9. The van der Waals surface area contributed by atoms with Gasteiger partial charge in [0.25, 0.3) is 0 Å². The number of nitrogens with zero attached hydrogens (tertiary/aromatic N) is 2. The first-order chi connectivity index (χ1) is 8.04. The van der Waals surface area contributed by atoms with Crippen molar-refractivity contribution in [1.29, 1.82) is 0 Å². The van der Waals surface area contributed by atoms with Gasteiger partial charge in [0, 0.05) is 12.7 Å². The van der Waals surface area contributed by atoms with E-state index in [2.05, 4.69) is 4.98 Å². The summed E-state index contributed by atoms with van der Waals surface area (Å²) in [6.07, 6.45) is -2.72. The second kappa shape index (κ2) is 4.41. The van der Waals surface area contributed by atoms with E-state index < -0.39 is 30.2 Å². The maximum Gasteiger partial charge on any atom is 0.351 e. The third-order valence-corrected chi connectivity index (χ3v) is 2.70. The molecule has 1 aliphatic rings. The summed E-state index contributed by atoms with van der Waals surface area (Å²) in [6.45, 7) is 0.0475. The van der Waals surface area contributed by atoms with Crippen molar-refractivity contribution in [2.24, 2.45) is 5.73 Å². The van der Waals surface area contributed by atoms with E-state index in [1.807, 2.05) is 0 Å². The van der Waals surface area contributed by atoms with Gasteiger partial charge in [-0.1, -0.05) is 0 Å². The predicted octanol–water partition coefficient (Wildman–Crippen LogP) is -2.60. The van der Waals surface area contributed by atoms with Crippen LogP contribution in [-0.4, -0.2) is 44.6 Å². The van der Waals surface area contributed by atoms with Crippen molar-refractivity contribution in [3.63, 3.8) is 0 Å². The van der Waals surface area contributed by atoms with Crippen LogP contribution >= 0.6 is 0 Å². The minimum Gasteiger partial charge on any atom is -0.387 e. The first kappa shape index (κ1) is 12.0. The highest BCUT2D eigenvalue weighted by molar-refractivity contribution is 5.23. The molecule has 0 radical (unpaired) electrons. The van der Waals surface area contributed by atoms with Gasteiger partial charge in [0.15, 0.2) is 6.23 Å². The molecule has 6 N–H and O–H groups in total. The third-order valence-electron chi connectivity index (χ3n) is 2.70. The number of hydrogen-bond acceptors (Lipinski definition) is 7. The molecule has 1 saturated heterocycles. The molecule has 1 aromatic heterocycles. The van der Waals surface area contributed by atoms with Crippen LogP contribution in [0.25, 0.3) is 0 Å². The Morgan fingerprint density at radius 3 is 2.71 bits per heavy atom. The Hall–Kier alpha value is -1.48. The van der Waals surface area contributed by atoms with Gasteiger partial charge in [-0.2, -0.15) is 4.98 Å². The Morgan fingerprint density at radius 1 is 1.47 bits per heavy atom. The molecule has 17 heavy (non-hydrogen) atoms. The Morgan fingerprint density at radius 2 is 2.18 bits per heavy atom. The van der Waals surface area contributed by atoms with E-state index >= 15 is 0 Å². The summed E-state index contributed by atoms with van der Waals surface area (Å²) in [7, 11) is 0. The predicted molar refractivity (Wildman–Crippen MR) is 57.9 cm³/mol. The summed E-state index contributed by atoms with van der Waals surface area (Å²) < 4.78 is 6.37. The first-order valence-electron chi connectivity index (χ1n) is 5.11. The number of hydrogen-bond donors (Lipinski definition) is 4. The van der Waals surface area contributed by atoms with E-state index in [4.69, 9.17) is 16.2 Å². The lowest BCUT2D eigenvalue weighted by atomic mass is 10.1. The summed E-state index contributed by atoms with van der Waals surface area (Å²) in [4.78, 5) is 15.1. The Labute approximate surface area is 96.4 Å². The van der Waals surface area contributed by atoms with E-state index in [1.54, 1.807) is 0 Å². The fourth-order valence-electron chi connectivity index (χ4n) is 1.77. The maximum atomic E-state index is 11.5. The highest BCUT2D eigenvalue weighted by Gasteiger charge is 2.43. The van der Waals surface area contributed by atoms with Crippen molar-refractivity contribution in [3.05, 3.63) is 22.7 Å². The van der Waals surface area contributed by atoms with Gasteiger partial charge >= 0.3 is 5.69 Å². The maximum absolute atomic E-state index is 11.5. The second-order valence-corrected chi connectivity index (χ2v) is 3.82. The molecule has 1 aliphatic heterocycles. The Kier molecular flexibility index (Phi) is 3.11. The van der Waals surface area contributed by atoms with Crippen LogP contribution in [0.15, 0.2) is 17.1 Å². The number of ether oxygens (including phenoxy) is 1. The molecule has 0 spiro atoms. The van der Waals surface area contributed by atoms with Crippen molar-refractivity contribution in [1.82, 2.24) is 9.55 Å². The molecular formula is C9H14N4O4. The smallest absolute Gasteiger partial charge is 0.351 e. The van der Waals surface area contributed by atoms with Crippen LogP contribution in [0.3, 0.4) is 0 Å². The number of anilines is 1. The van der Waals surface area contributed by atoms with Gasteiger partial charge in [0.1, 0.15) is 24.1 Å². The van der Waals surface area contributed by atoms with Gasteiger partial charge < -0.3 is 26.4 Å². The molecule has 0 saturated carbocycles. The zero-order valence-corrected chi connectivity index (χ0v) is 8.93. The molecule has 0 aromatic carbocycles. The third kappa shape index (κ3) is 2.03. The van der Waals surface area contributed by atoms with Crippen LogP contribution in [0.2, 0.25) is 0 Å². The summed E-state index contributed by atoms with van der Waals surface area (Å²) in [6, 6.07) is 1.40. The van der Waals surface area contributed by atoms with Gasteiger partial charge in [-0.15, -0.1) is 0 Å². The number of aliphatic hydroxyl groups is 2. The van der Waals surface area contributed by atoms with Crippen LogP contribution in [0.4, 0.5) is 5.82 Å². The zero-order valence-electron chi connectivity index (χ0n) is 8.93. The van der Waals surface area contributed by atoms with Gasteiger partial charge in [-0.3, -0.25) is 4.57 Å². The lowest BCUT2D eigenvalue weighted by molar-refractivity contribution is -0.0371. The van der Waals surface area contributed by atoms with Crippen LogP contribution in [0, 0.1) is 0 Å². The van der Waals surface area contributed by atoms with E-state index in [1.165, 1.54) is 12.3 Å². The molecule has 2 unspecified atom stereocenters. The summed E-state index contributed by atoms with van der Waals surface area (Å²) in [5, 5.41) is 19.4. The molecule has 0 bridgehead atoms. The van der Waals surface area contributed by atoms with Crippen molar-refractivity contribution in [2.75, 3.05) is 12.3 Å². The van der Waals surface area contributed by atoms with E-state index in [-0.39, 0.29) is 12.4 Å². The average Bonchev–Trinajstić information content (AvgIpc) is 2.57. The Bertz CT molecular complexity index is 463. The van der Waals surface area contributed by atoms with Crippen molar-refractivity contribution in [2.45, 2.75) is 24.5 Å². The van der Waals surface area contributed by atoms with Crippen LogP contribution in [-0.2, 0) is 4.74 Å². The molecule has 8 heteroatoms. The molecular weight excluding hydrogens is 228 g/mol. The lowest BCUT2D eigenvalue weighted by Crippen LogP contribution is -2.36. The fraction of sp³-hybridized carbons (Fsp3) is 0.556. The van der Waals surface area contributed by atoms with Crippen molar-refractivity contribution >= 4 is 5.82 Å². The first-order valence-corrected chi connectivity index (χ1v) is 5.11. The van der Waals surface area contributed by atoms with E-state index in [0.717, 1.165) is 4.57 Å². The number of aliphatic hydroxyl groups excluding tert-OH is 2. The molecule has 0 aliphatic carbocycles. The quantitative estimate of drug-likeness (QED) is 0.446. The van der Waals surface area contributed by atoms with Crippen LogP contribution in [0.5, 0.6) is 0 Å². The van der Waals surface area contributed by atoms with Crippen molar-refractivity contribution < 1.29 is 14.9 Å². The van der Waals surface area contributed by atoms with Gasteiger partial charge in [0.05, 0.1) is 0 Å². The number of nitrogen functional groups attached to an aromatic ring is 1. The van der Waals surface area contributed by atoms with Crippen LogP contribution < -0.4 is 17.2 Å². The molecule has 2 heterocycles. The van der Waals surface area contributed by atoms with Gasteiger partial charge in [-0.05, 0) is 6.07 Å². The summed E-state index contributed by atoms with van der Waals surface area (Å²) in [5.74, 6) is 0.0784. The van der Waals surface area contributed by atoms with Crippen molar-refractivity contribution in [3.8, 4) is 0 Å². The highest BCUT2D eigenvalue weighted by atomic mass is 16.6. The lowest BCUT2D eigenvalue weighted by Gasteiger charge is -2.16. The molecule has 4 atom stereocenters. The fourth-order valence-corrected chi connectivity index (χ4v) is 1.77. The van der Waals surface area contributed by atoms with E-state index in [9.17, 15) is 15.0 Å². The minimum absolute atomic E-state index is 0.0475. The standard InChI is InChI=1S/C9H14N4O4/c10-3-4-6(14)7(15)8(17-4)13-2-1-5(11)12-9(13)16/h1-2,4,6-8,14-15H,3,10H2,(H2,11,12,16)/t4-,6?,7?,8-/m1/s1. The number of nitrogens with two attached hydrogens (primary N) is 2. The second-order valence-electron chi connectivity index (χ2n) is 3.82. The monoisotopic (exact) mass is 242 g/mol. The topological polar surface area (TPSA) is 137 Å². The Balaban J connectivity index is 2.32. The molecule has 94 valence electrons. The van der Waals surface area contributed by atoms with Gasteiger partial charge in [-0.25, -0.2) is 4.79 Å². The largest absolute Gasteiger partial charge is 0.387 e. The zero-order chi connectivity index (χ0) is 12.6. The molecule has 1 aromatic rings. The molecule has 1 fully saturated rings. The number of aromatic nitrogens is 2. The van der Waals surface area contributed by atoms with E-state index in [0.29, 0.717) is 0 Å². The SMILES string of the molecule is NC[C@H]1O[C@@H](n2ccc(N)nc2=O)C(O)C1O. The average molecular weight is 242 g/mol. The highest BCUT2D eigenvalue weighted by Crippen LogP contribution is 2.27. The summed E-state index contributed by atoms with van der Waals surface area (Å²) in [5.41, 5.74) is 10.1. The minimum atomic E-state index is -1.23. The number of rotatable bonds is 2. The van der Waals surface area contributed by atoms with Crippen LogP contribution in [0.1, 0.15) is 6.23 Å². The van der Waals surface area contributed by atoms with Gasteiger partial charge in [0.2, 0.25) is 0 Å². The molecule has 0 amide bonds. The summed E-state index contributed by atoms with van der Waals surface area (Å²) >= 11 is 0. The molecule has 2 rings (SSSR count).